The van der Waals surface area contributed by atoms with Crippen molar-refractivity contribution in [2.24, 2.45) is 5.92 Å². The summed E-state index contributed by atoms with van der Waals surface area (Å²) in [6.45, 7) is 4.00. The summed E-state index contributed by atoms with van der Waals surface area (Å²) in [6.07, 6.45) is 2.67. The van der Waals surface area contributed by atoms with Gasteiger partial charge >= 0.3 is 12.1 Å². The van der Waals surface area contributed by atoms with E-state index >= 15 is 0 Å². The Hall–Kier alpha value is -3.35. The lowest BCUT2D eigenvalue weighted by molar-refractivity contribution is -0.139. The van der Waals surface area contributed by atoms with E-state index in [1.54, 1.807) is 6.92 Å². The second-order valence-corrected chi connectivity index (χ2v) is 9.97. The molecule has 0 saturated heterocycles. The summed E-state index contributed by atoms with van der Waals surface area (Å²) in [4.78, 5) is 36.8. The number of carboxylic acid groups (broad SMARTS) is 1. The number of aliphatic carboxylic acids is 1. The molecule has 7 heteroatoms. The smallest absolute Gasteiger partial charge is 0.407 e. The van der Waals surface area contributed by atoms with Gasteiger partial charge < -0.3 is 20.5 Å². The highest BCUT2D eigenvalue weighted by Crippen LogP contribution is 2.44. The first-order chi connectivity index (χ1) is 16.8. The largest absolute Gasteiger partial charge is 0.481 e. The van der Waals surface area contributed by atoms with Crippen molar-refractivity contribution in [1.29, 1.82) is 0 Å². The van der Waals surface area contributed by atoms with Gasteiger partial charge in [-0.15, -0.1) is 0 Å². The zero-order valence-electron chi connectivity index (χ0n) is 20.4. The van der Waals surface area contributed by atoms with E-state index in [-0.39, 0.29) is 43.2 Å². The Labute approximate surface area is 206 Å². The third kappa shape index (κ3) is 5.84. The molecule has 3 N–H and O–H groups in total. The normalized spacial score (nSPS) is 17.0. The molecular weight excluding hydrogens is 444 g/mol. The molecule has 0 heterocycles. The van der Waals surface area contributed by atoms with Crippen LogP contribution >= 0.6 is 0 Å². The number of hydrogen-bond acceptors (Lipinski definition) is 4. The molecular formula is C28H34N2O5. The summed E-state index contributed by atoms with van der Waals surface area (Å²) in [5.74, 6) is -1.03. The maximum atomic E-state index is 12.8. The number of fused-ring (bicyclic) bond motifs is 3. The summed E-state index contributed by atoms with van der Waals surface area (Å²) < 4.78 is 5.64. The lowest BCUT2D eigenvalue weighted by Gasteiger charge is -2.30. The monoisotopic (exact) mass is 478 g/mol. The quantitative estimate of drug-likeness (QED) is 0.429. The number of alkyl carbamates (subject to hydrolysis) is 1. The minimum absolute atomic E-state index is 0.0312. The Morgan fingerprint density at radius 3 is 2.20 bits per heavy atom. The molecule has 1 saturated carbocycles. The van der Waals surface area contributed by atoms with Crippen molar-refractivity contribution < 1.29 is 24.2 Å². The minimum atomic E-state index is -0.929. The van der Waals surface area contributed by atoms with Gasteiger partial charge in [-0.2, -0.15) is 0 Å². The molecule has 2 amide bonds. The summed E-state index contributed by atoms with van der Waals surface area (Å²) >= 11 is 0. The van der Waals surface area contributed by atoms with Crippen LogP contribution in [0.2, 0.25) is 0 Å². The highest BCUT2D eigenvalue weighted by atomic mass is 16.5. The van der Waals surface area contributed by atoms with E-state index in [9.17, 15) is 19.5 Å². The van der Waals surface area contributed by atoms with Gasteiger partial charge in [0.05, 0.1) is 12.0 Å². The second kappa shape index (κ2) is 10.5. The Kier molecular flexibility index (Phi) is 7.43. The molecule has 2 aromatic carbocycles. The van der Waals surface area contributed by atoms with Crippen LogP contribution in [-0.2, 0) is 14.3 Å². The van der Waals surface area contributed by atoms with Crippen molar-refractivity contribution in [3.05, 3.63) is 59.7 Å². The number of benzene rings is 2. The molecule has 0 bridgehead atoms. The van der Waals surface area contributed by atoms with E-state index in [2.05, 4.69) is 34.9 Å². The number of carbonyl (C=O) groups is 3. The first kappa shape index (κ1) is 24.8. The van der Waals surface area contributed by atoms with Crippen LogP contribution in [-0.4, -0.2) is 41.3 Å². The van der Waals surface area contributed by atoms with Crippen LogP contribution in [0.4, 0.5) is 4.79 Å². The highest BCUT2D eigenvalue weighted by Gasteiger charge is 2.44. The van der Waals surface area contributed by atoms with E-state index in [4.69, 9.17) is 4.74 Å². The number of amides is 2. The van der Waals surface area contributed by atoms with Gasteiger partial charge in [0, 0.05) is 18.4 Å². The number of nitrogens with one attached hydrogen (secondary N) is 2. The van der Waals surface area contributed by atoms with Crippen LogP contribution in [0.3, 0.4) is 0 Å². The van der Waals surface area contributed by atoms with Gasteiger partial charge in [0.1, 0.15) is 6.61 Å². The van der Waals surface area contributed by atoms with Crippen LogP contribution in [0.15, 0.2) is 48.5 Å². The van der Waals surface area contributed by atoms with Gasteiger partial charge in [-0.25, -0.2) is 4.79 Å². The fourth-order valence-electron chi connectivity index (χ4n) is 5.30. The van der Waals surface area contributed by atoms with Gasteiger partial charge in [0.15, 0.2) is 0 Å². The number of ether oxygens (including phenoxy) is 1. The van der Waals surface area contributed by atoms with E-state index in [1.807, 2.05) is 31.2 Å². The van der Waals surface area contributed by atoms with E-state index in [0.717, 1.165) is 41.5 Å². The second-order valence-electron chi connectivity index (χ2n) is 9.97. The van der Waals surface area contributed by atoms with Crippen molar-refractivity contribution in [1.82, 2.24) is 10.6 Å². The number of rotatable bonds is 11. The van der Waals surface area contributed by atoms with Crippen LogP contribution in [0.25, 0.3) is 11.1 Å². The molecule has 0 spiro atoms. The first-order valence-corrected chi connectivity index (χ1v) is 12.4. The van der Waals surface area contributed by atoms with Gasteiger partial charge in [0.25, 0.3) is 0 Å². The van der Waals surface area contributed by atoms with Crippen molar-refractivity contribution in [2.75, 3.05) is 6.61 Å². The molecule has 1 fully saturated rings. The summed E-state index contributed by atoms with van der Waals surface area (Å²) in [5, 5.41) is 15.1. The van der Waals surface area contributed by atoms with Gasteiger partial charge in [-0.05, 0) is 54.4 Å². The molecule has 186 valence electrons. The summed E-state index contributed by atoms with van der Waals surface area (Å²) in [6, 6.07) is 15.9. The number of carbonyl (C=O) groups excluding carboxylic acids is 2. The molecule has 35 heavy (non-hydrogen) atoms. The molecule has 0 aromatic heterocycles. The fraction of sp³-hybridized carbons (Fsp3) is 0.464. The Balaban J connectivity index is 1.35. The van der Waals surface area contributed by atoms with Crippen LogP contribution in [0, 0.1) is 5.92 Å². The molecule has 4 rings (SSSR count). The standard InChI is InChI=1S/C28H34N2O5/c1-3-8-19(15-25(31)30-28(2,16-26(32)33)18-13-14-18)29-27(34)35-17-24-22-11-6-4-9-20(22)21-10-5-7-12-23(21)24/h4-7,9-12,18-19,24H,3,8,13-17H2,1-2H3,(H,29,34)(H,30,31)(H,32,33)/t19-,28?/m1/s1. The van der Waals surface area contributed by atoms with E-state index < -0.39 is 17.6 Å². The summed E-state index contributed by atoms with van der Waals surface area (Å²) in [5.41, 5.74) is 3.85. The van der Waals surface area contributed by atoms with Crippen molar-refractivity contribution >= 4 is 18.0 Å². The zero-order chi connectivity index (χ0) is 25.0. The maximum Gasteiger partial charge on any atom is 0.407 e. The molecule has 2 aromatic rings. The molecule has 2 aliphatic rings. The van der Waals surface area contributed by atoms with Crippen molar-refractivity contribution in [3.8, 4) is 11.1 Å². The summed E-state index contributed by atoms with van der Waals surface area (Å²) in [7, 11) is 0. The predicted molar refractivity (Wildman–Crippen MR) is 133 cm³/mol. The Morgan fingerprint density at radius 1 is 1.06 bits per heavy atom. The molecule has 0 radical (unpaired) electrons. The topological polar surface area (TPSA) is 105 Å². The maximum absolute atomic E-state index is 12.8. The molecule has 2 aliphatic carbocycles. The first-order valence-electron chi connectivity index (χ1n) is 12.4. The van der Waals surface area contributed by atoms with Crippen LogP contribution in [0.1, 0.15) is 69.4 Å². The van der Waals surface area contributed by atoms with Crippen molar-refractivity contribution in [3.63, 3.8) is 0 Å². The Bertz CT molecular complexity index is 1050. The average molecular weight is 479 g/mol. The highest BCUT2D eigenvalue weighted by molar-refractivity contribution is 5.80. The molecule has 1 unspecified atom stereocenters. The predicted octanol–water partition coefficient (Wildman–Crippen LogP) is 4.84. The average Bonchev–Trinajstić information content (AvgIpc) is 3.61. The molecule has 0 aliphatic heterocycles. The third-order valence-electron chi connectivity index (χ3n) is 7.16. The van der Waals surface area contributed by atoms with Crippen LogP contribution in [0.5, 0.6) is 0 Å². The Morgan fingerprint density at radius 2 is 1.66 bits per heavy atom. The lowest BCUT2D eigenvalue weighted by atomic mass is 9.91. The molecule has 2 atom stereocenters. The lowest BCUT2D eigenvalue weighted by Crippen LogP contribution is -2.51. The molecule has 7 nitrogen and oxygen atoms in total. The van der Waals surface area contributed by atoms with Gasteiger partial charge in [-0.1, -0.05) is 61.9 Å². The number of hydrogen-bond donors (Lipinski definition) is 3. The van der Waals surface area contributed by atoms with Gasteiger partial charge in [0.2, 0.25) is 5.91 Å². The van der Waals surface area contributed by atoms with E-state index in [0.29, 0.717) is 6.42 Å². The number of carboxylic acids is 1. The van der Waals surface area contributed by atoms with E-state index in [1.165, 1.54) is 0 Å². The van der Waals surface area contributed by atoms with Crippen LogP contribution < -0.4 is 10.6 Å². The zero-order valence-corrected chi connectivity index (χ0v) is 20.4. The van der Waals surface area contributed by atoms with Gasteiger partial charge in [-0.3, -0.25) is 9.59 Å². The SMILES string of the molecule is CCC[C@H](CC(=O)NC(C)(CC(=O)O)C1CC1)NC(=O)OCC1c2ccccc2-c2ccccc21. The fourth-order valence-corrected chi connectivity index (χ4v) is 5.30. The van der Waals surface area contributed by atoms with Crippen molar-refractivity contribution in [2.45, 2.75) is 69.9 Å². The third-order valence-corrected chi connectivity index (χ3v) is 7.16. The minimum Gasteiger partial charge on any atom is -0.481 e.